The quantitative estimate of drug-likeness (QED) is 0.174. The molecule has 0 bridgehead atoms. The van der Waals surface area contributed by atoms with Crippen LogP contribution in [0.4, 0.5) is 19.0 Å². The smallest absolute Gasteiger partial charge is 0.384 e. The second-order valence-electron chi connectivity index (χ2n) is 5.86. The van der Waals surface area contributed by atoms with E-state index < -0.39 is 58.6 Å². The van der Waals surface area contributed by atoms with Crippen LogP contribution in [0.3, 0.4) is 0 Å². The number of hydrogen-bond donors (Lipinski definition) is 7. The third-order valence-corrected chi connectivity index (χ3v) is 7.66. The molecule has 0 radical (unpaired) electrons. The van der Waals surface area contributed by atoms with E-state index in [1.165, 1.54) is 0 Å². The van der Waals surface area contributed by atoms with E-state index in [2.05, 4.69) is 22.9 Å². The van der Waals surface area contributed by atoms with Crippen molar-refractivity contribution in [1.29, 1.82) is 0 Å². The molecule has 23 heteroatoms. The summed E-state index contributed by atoms with van der Waals surface area (Å²) < 4.78 is 89.8. The zero-order chi connectivity index (χ0) is 24.9. The van der Waals surface area contributed by atoms with E-state index >= 15 is 0 Å². The van der Waals surface area contributed by atoms with E-state index in [1.54, 1.807) is 0 Å². The summed E-state index contributed by atoms with van der Waals surface area (Å²) in [6.07, 6.45) is -13.7. The Morgan fingerprint density at radius 2 is 1.75 bits per heavy atom. The van der Waals surface area contributed by atoms with Gasteiger partial charge in [-0.05, 0) is 18.3 Å². The summed E-state index contributed by atoms with van der Waals surface area (Å²) in [4.78, 5) is 38.9. The molecule has 6 atom stereocenters. The lowest BCUT2D eigenvalue weighted by molar-refractivity contribution is -0.304. The number of phosphoric acid groups is 3. The van der Waals surface area contributed by atoms with Crippen LogP contribution in [0.2, 0.25) is 0 Å². The topological polar surface area (TPSA) is 253 Å². The van der Waals surface area contributed by atoms with Gasteiger partial charge in [-0.3, -0.25) is 9.09 Å². The Morgan fingerprint density at radius 1 is 1.19 bits per heavy atom. The highest BCUT2D eigenvalue weighted by Gasteiger charge is 2.72. The fourth-order valence-corrected chi connectivity index (χ4v) is 5.71. The monoisotopic (exact) mass is 553 g/mol. The van der Waals surface area contributed by atoms with Gasteiger partial charge < -0.3 is 40.3 Å². The molecule has 2 heterocycles. The number of alkyl halides is 3. The second-order valence-corrected chi connectivity index (χ2v) is 10.6. The SMILES string of the molecule is Nc1ccn([C@@H]2O[C@H](OP(=O)(O)OP(=O)(O)OP(=O)(O)O)[C@H](O)C2(O)C(F)(F)F)c(=S)n1. The van der Waals surface area contributed by atoms with Gasteiger partial charge in [-0.15, -0.1) is 0 Å². The third kappa shape index (κ3) is 5.99. The van der Waals surface area contributed by atoms with Crippen molar-refractivity contribution in [3.63, 3.8) is 0 Å². The van der Waals surface area contributed by atoms with Gasteiger partial charge in [-0.2, -0.15) is 21.8 Å². The predicted octanol–water partition coefficient (Wildman–Crippen LogP) is 0.0473. The molecule has 1 aliphatic heterocycles. The Kier molecular flexibility index (Phi) is 7.50. The Bertz CT molecular complexity index is 1080. The van der Waals surface area contributed by atoms with E-state index in [9.17, 15) is 42.0 Å². The number of nitrogens with two attached hydrogens (primary N) is 1. The van der Waals surface area contributed by atoms with Crippen molar-refractivity contribution in [3.8, 4) is 0 Å². The number of nitrogen functional groups attached to an aromatic ring is 1. The molecule has 0 saturated carbocycles. The van der Waals surface area contributed by atoms with Gasteiger partial charge in [0.1, 0.15) is 11.9 Å². The minimum atomic E-state index is -6.05. The number of phosphoric ester groups is 1. The number of aliphatic hydroxyl groups excluding tert-OH is 1. The lowest BCUT2D eigenvalue weighted by atomic mass is 9.96. The molecule has 32 heavy (non-hydrogen) atoms. The molecule has 3 unspecified atom stereocenters. The highest BCUT2D eigenvalue weighted by molar-refractivity contribution is 7.71. The molecule has 1 aromatic heterocycles. The summed E-state index contributed by atoms with van der Waals surface area (Å²) in [7, 11) is -17.8. The lowest BCUT2D eigenvalue weighted by Crippen LogP contribution is -2.57. The van der Waals surface area contributed by atoms with Crippen molar-refractivity contribution >= 4 is 41.5 Å². The molecule has 184 valence electrons. The van der Waals surface area contributed by atoms with Crippen molar-refractivity contribution in [1.82, 2.24) is 9.55 Å². The molecule has 16 nitrogen and oxygen atoms in total. The molecule has 0 amide bonds. The van der Waals surface area contributed by atoms with Gasteiger partial charge in [0, 0.05) is 6.20 Å². The first kappa shape index (κ1) is 27.4. The molecule has 1 fully saturated rings. The van der Waals surface area contributed by atoms with Gasteiger partial charge in [0.05, 0.1) is 0 Å². The van der Waals surface area contributed by atoms with E-state index in [1.807, 2.05) is 0 Å². The van der Waals surface area contributed by atoms with Gasteiger partial charge in [-0.1, -0.05) is 0 Å². The summed E-state index contributed by atoms with van der Waals surface area (Å²) in [5, 5.41) is 20.2. The van der Waals surface area contributed by atoms with Crippen molar-refractivity contribution in [2.75, 3.05) is 5.73 Å². The number of nitrogens with zero attached hydrogens (tertiary/aromatic N) is 2. The van der Waals surface area contributed by atoms with Crippen LogP contribution in [0.1, 0.15) is 6.23 Å². The standard InChI is InChI=1S/C9H13F3N3O13P3S/c10-9(11,12)8(17)4(16)5(25-6(8)15-2-1-3(13)14-7(15)32)26-30(21,22)28-31(23,24)27-29(18,19)20/h1-2,4-6,16-17H,(H,21,22)(H,23,24)(H2,13,14,32)(H2,18,19,20)/t4-,5+,6+,8?/m0/s1. The third-order valence-electron chi connectivity index (χ3n) is 3.56. The van der Waals surface area contributed by atoms with Crippen LogP contribution in [0.15, 0.2) is 12.3 Å². The number of hydrogen-bond acceptors (Lipinski definition) is 12. The number of rotatable bonds is 7. The van der Waals surface area contributed by atoms with E-state index in [0.29, 0.717) is 4.57 Å². The summed E-state index contributed by atoms with van der Waals surface area (Å²) in [5.74, 6) is -0.245. The molecule has 0 aliphatic carbocycles. The van der Waals surface area contributed by atoms with Gasteiger partial charge >= 0.3 is 29.6 Å². The zero-order valence-corrected chi connectivity index (χ0v) is 18.3. The molecule has 1 aromatic rings. The van der Waals surface area contributed by atoms with Gasteiger partial charge in [-0.25, -0.2) is 18.7 Å². The second kappa shape index (κ2) is 8.75. The average Bonchev–Trinajstić information content (AvgIpc) is 2.76. The first-order valence-corrected chi connectivity index (χ1v) is 12.4. The molecule has 0 spiro atoms. The van der Waals surface area contributed by atoms with Gasteiger partial charge in [0.2, 0.25) is 16.7 Å². The Morgan fingerprint density at radius 3 is 2.22 bits per heavy atom. The van der Waals surface area contributed by atoms with Crippen molar-refractivity contribution in [2.24, 2.45) is 0 Å². The summed E-state index contributed by atoms with van der Waals surface area (Å²) in [6, 6.07) is 0.929. The van der Waals surface area contributed by atoms with Crippen LogP contribution in [-0.4, -0.2) is 63.5 Å². The van der Waals surface area contributed by atoms with Crippen LogP contribution >= 0.6 is 35.7 Å². The van der Waals surface area contributed by atoms with E-state index in [4.69, 9.17) is 32.6 Å². The average molecular weight is 553 g/mol. The molecule has 0 aromatic carbocycles. The van der Waals surface area contributed by atoms with E-state index in [-0.39, 0.29) is 5.82 Å². The molecule has 1 saturated heterocycles. The van der Waals surface area contributed by atoms with Crippen molar-refractivity contribution < 1.29 is 74.5 Å². The Hall–Kier alpha value is -0.820. The van der Waals surface area contributed by atoms with Crippen molar-refractivity contribution in [3.05, 3.63) is 17.0 Å². The number of halogens is 3. The van der Waals surface area contributed by atoms with Crippen LogP contribution in [0.25, 0.3) is 0 Å². The first-order chi connectivity index (χ1) is 14.2. The first-order valence-electron chi connectivity index (χ1n) is 7.48. The van der Waals surface area contributed by atoms with Gasteiger partial charge in [0.15, 0.2) is 6.23 Å². The van der Waals surface area contributed by atoms with Crippen molar-refractivity contribution in [2.45, 2.75) is 30.4 Å². The summed E-state index contributed by atoms with van der Waals surface area (Å²) >= 11 is 4.71. The number of ether oxygens (including phenoxy) is 1. The maximum Gasteiger partial charge on any atom is 0.490 e. The van der Waals surface area contributed by atoms with Crippen LogP contribution in [-0.2, 0) is 31.6 Å². The van der Waals surface area contributed by atoms with E-state index in [0.717, 1.165) is 12.3 Å². The highest BCUT2D eigenvalue weighted by Crippen LogP contribution is 2.67. The van der Waals surface area contributed by atoms with Crippen LogP contribution in [0.5, 0.6) is 0 Å². The van der Waals surface area contributed by atoms with Gasteiger partial charge in [0.25, 0.3) is 0 Å². The van der Waals surface area contributed by atoms with Crippen LogP contribution in [0, 0.1) is 4.77 Å². The zero-order valence-electron chi connectivity index (χ0n) is 14.8. The fraction of sp³-hybridized carbons (Fsp3) is 0.556. The maximum absolute atomic E-state index is 13.6. The molecular formula is C9H13F3N3O13P3S. The molecular weight excluding hydrogens is 540 g/mol. The highest BCUT2D eigenvalue weighted by atomic mass is 32.1. The molecule has 1 aliphatic rings. The lowest BCUT2D eigenvalue weighted by Gasteiger charge is -2.33. The number of aromatic nitrogens is 2. The predicted molar refractivity (Wildman–Crippen MR) is 93.3 cm³/mol. The number of anilines is 1. The Labute approximate surface area is 179 Å². The molecule has 2 rings (SSSR count). The Balaban J connectivity index is 2.40. The summed E-state index contributed by atoms with van der Waals surface area (Å²) in [6.45, 7) is 0. The largest absolute Gasteiger partial charge is 0.490 e. The summed E-state index contributed by atoms with van der Waals surface area (Å²) in [5.41, 5.74) is 1.07. The minimum absolute atomic E-state index is 0.245. The fourth-order valence-electron chi connectivity index (χ4n) is 2.36. The van der Waals surface area contributed by atoms with Crippen LogP contribution < -0.4 is 5.73 Å². The molecule has 8 N–H and O–H groups in total. The maximum atomic E-state index is 13.6. The normalized spacial score (nSPS) is 30.6. The minimum Gasteiger partial charge on any atom is -0.384 e. The number of aliphatic hydroxyl groups is 2.